The first-order valence-corrected chi connectivity index (χ1v) is 10.6. The van der Waals surface area contributed by atoms with Crippen molar-refractivity contribution >= 4 is 29.0 Å². The molecule has 0 spiro atoms. The maximum absolute atomic E-state index is 13.2. The van der Waals surface area contributed by atoms with Gasteiger partial charge in [-0.05, 0) is 50.1 Å². The lowest BCUT2D eigenvalue weighted by Crippen LogP contribution is -2.55. The fourth-order valence-corrected chi connectivity index (χ4v) is 3.32. The molecule has 3 rings (SSSR count). The summed E-state index contributed by atoms with van der Waals surface area (Å²) in [6.45, 7) is 9.31. The highest BCUT2D eigenvalue weighted by Crippen LogP contribution is 2.30. The van der Waals surface area contributed by atoms with E-state index in [2.05, 4.69) is 16.9 Å². The van der Waals surface area contributed by atoms with Crippen LogP contribution in [0.3, 0.4) is 0 Å². The van der Waals surface area contributed by atoms with E-state index >= 15 is 0 Å². The number of ether oxygens (including phenoxy) is 1. The largest absolute Gasteiger partial charge is 0.444 e. The van der Waals surface area contributed by atoms with Crippen LogP contribution in [0.2, 0.25) is 0 Å². The van der Waals surface area contributed by atoms with Gasteiger partial charge in [0.15, 0.2) is 5.82 Å². The first-order valence-electron chi connectivity index (χ1n) is 10.6. The molecule has 2 aromatic rings. The molecule has 0 atom stereocenters. The molecule has 0 bridgehead atoms. The molecule has 3 heterocycles. The molecule has 0 saturated carbocycles. The average molecular weight is 493 g/mol. The highest BCUT2D eigenvalue weighted by molar-refractivity contribution is 5.93. The zero-order valence-corrected chi connectivity index (χ0v) is 19.5. The van der Waals surface area contributed by atoms with Crippen molar-refractivity contribution in [2.75, 3.05) is 18.4 Å². The minimum atomic E-state index is -4.73. The Morgan fingerprint density at radius 1 is 1.20 bits per heavy atom. The van der Waals surface area contributed by atoms with Crippen molar-refractivity contribution in [1.82, 2.24) is 14.3 Å². The summed E-state index contributed by atoms with van der Waals surface area (Å²) >= 11 is 0. The fourth-order valence-electron chi connectivity index (χ4n) is 3.32. The third-order valence-electron chi connectivity index (χ3n) is 5.08. The van der Waals surface area contributed by atoms with Crippen LogP contribution in [0.25, 0.3) is 11.2 Å². The van der Waals surface area contributed by atoms with Crippen LogP contribution >= 0.6 is 0 Å². The molecule has 35 heavy (non-hydrogen) atoms. The Bertz CT molecular complexity index is 1210. The Labute approximate surface area is 199 Å². The number of aromatic nitrogens is 2. The predicted molar refractivity (Wildman–Crippen MR) is 125 cm³/mol. The highest BCUT2D eigenvalue weighted by Gasteiger charge is 2.38. The average Bonchev–Trinajstić information content (AvgIpc) is 3.05. The maximum Gasteiger partial charge on any atom is 0.419 e. The summed E-state index contributed by atoms with van der Waals surface area (Å²) in [6.07, 6.45) is -0.0739. The highest BCUT2D eigenvalue weighted by atomic mass is 19.4. The summed E-state index contributed by atoms with van der Waals surface area (Å²) in [5.74, 6) is -1.31. The van der Waals surface area contributed by atoms with Gasteiger partial charge < -0.3 is 30.8 Å². The van der Waals surface area contributed by atoms with E-state index < -0.39 is 35.2 Å². The first-order chi connectivity index (χ1) is 16.2. The quantitative estimate of drug-likeness (QED) is 0.549. The summed E-state index contributed by atoms with van der Waals surface area (Å²) in [6, 6.07) is 3.14. The van der Waals surface area contributed by atoms with Crippen molar-refractivity contribution in [2.24, 2.45) is 17.4 Å². The summed E-state index contributed by atoms with van der Waals surface area (Å²) in [7, 11) is 0. The Balaban J connectivity index is 1.72. The van der Waals surface area contributed by atoms with Crippen molar-refractivity contribution in [2.45, 2.75) is 32.5 Å². The van der Waals surface area contributed by atoms with Crippen molar-refractivity contribution in [1.29, 1.82) is 0 Å². The molecule has 0 aliphatic carbocycles. The third kappa shape index (κ3) is 6.14. The number of anilines is 1. The maximum atomic E-state index is 13.2. The van der Waals surface area contributed by atoms with E-state index in [1.165, 1.54) is 17.2 Å². The SMILES string of the molecule is C=C/C(=C\C(=C(N)N)C(F)(F)F)c1ccc2nc(NC(=O)C3CN(C(=O)OC(C)(C)C)C3)cn2c1. The molecule has 9 nitrogen and oxygen atoms in total. The number of imidazole rings is 1. The number of pyridine rings is 1. The topological polar surface area (TPSA) is 128 Å². The number of hydrogen-bond acceptors (Lipinski definition) is 6. The number of carbonyl (C=O) groups is 2. The second-order valence-corrected chi connectivity index (χ2v) is 9.05. The Morgan fingerprint density at radius 2 is 1.86 bits per heavy atom. The summed E-state index contributed by atoms with van der Waals surface area (Å²) in [5.41, 5.74) is 9.63. The van der Waals surface area contributed by atoms with E-state index in [1.54, 1.807) is 43.5 Å². The van der Waals surface area contributed by atoms with Crippen LogP contribution in [0.1, 0.15) is 26.3 Å². The van der Waals surface area contributed by atoms with Gasteiger partial charge in [-0.15, -0.1) is 0 Å². The number of likely N-dealkylation sites (tertiary alicyclic amines) is 1. The number of amides is 2. The number of nitrogens with one attached hydrogen (secondary N) is 1. The number of halogens is 3. The Morgan fingerprint density at radius 3 is 2.40 bits per heavy atom. The molecule has 2 amide bonds. The van der Waals surface area contributed by atoms with Crippen LogP contribution in [0, 0.1) is 5.92 Å². The van der Waals surface area contributed by atoms with Gasteiger partial charge in [-0.2, -0.15) is 13.2 Å². The van der Waals surface area contributed by atoms with E-state index in [0.717, 1.165) is 6.08 Å². The molecule has 0 unspecified atom stereocenters. The number of alkyl halides is 3. The molecular formula is C23H27F3N6O3. The van der Waals surface area contributed by atoms with Crippen molar-refractivity contribution < 1.29 is 27.5 Å². The number of rotatable bonds is 5. The monoisotopic (exact) mass is 492 g/mol. The normalized spacial score (nSPS) is 14.9. The van der Waals surface area contributed by atoms with Gasteiger partial charge in [0.2, 0.25) is 5.91 Å². The molecule has 2 aromatic heterocycles. The number of nitrogens with two attached hydrogens (primary N) is 2. The summed E-state index contributed by atoms with van der Waals surface area (Å²) in [5, 5.41) is 2.70. The molecule has 1 aliphatic heterocycles. The van der Waals surface area contributed by atoms with Gasteiger partial charge in [0.1, 0.15) is 17.1 Å². The van der Waals surface area contributed by atoms with Gasteiger partial charge >= 0.3 is 12.3 Å². The standard InChI is InChI=1S/C23H27F3N6O3/c1-5-13(8-16(19(27)28)23(24,25)26)14-6-7-18-29-17(12-31(18)9-14)30-20(33)15-10-32(11-15)21(34)35-22(2,3)4/h5-9,12,15H,1,10-11,27-28H2,2-4H3,(H,30,33)/b13-8+. The van der Waals surface area contributed by atoms with Gasteiger partial charge in [0, 0.05) is 19.3 Å². The minimum Gasteiger partial charge on any atom is -0.444 e. The number of nitrogens with zero attached hydrogens (tertiary/aromatic N) is 3. The lowest BCUT2D eigenvalue weighted by molar-refractivity contribution is -0.124. The molecular weight excluding hydrogens is 465 g/mol. The van der Waals surface area contributed by atoms with Gasteiger partial charge in [0.25, 0.3) is 0 Å². The van der Waals surface area contributed by atoms with Crippen LogP contribution in [0.5, 0.6) is 0 Å². The second-order valence-electron chi connectivity index (χ2n) is 9.05. The van der Waals surface area contributed by atoms with Crippen LogP contribution < -0.4 is 16.8 Å². The van der Waals surface area contributed by atoms with E-state index in [4.69, 9.17) is 16.2 Å². The van der Waals surface area contributed by atoms with Crippen LogP contribution in [-0.2, 0) is 9.53 Å². The Kier molecular flexibility index (Phi) is 6.86. The zero-order valence-electron chi connectivity index (χ0n) is 19.5. The summed E-state index contributed by atoms with van der Waals surface area (Å²) in [4.78, 5) is 30.3. The smallest absolute Gasteiger partial charge is 0.419 e. The predicted octanol–water partition coefficient (Wildman–Crippen LogP) is 3.40. The molecule has 5 N–H and O–H groups in total. The van der Waals surface area contributed by atoms with Crippen LogP contribution in [-0.4, -0.2) is 51.2 Å². The van der Waals surface area contributed by atoms with Gasteiger partial charge in [-0.3, -0.25) is 4.79 Å². The van der Waals surface area contributed by atoms with E-state index in [1.807, 2.05) is 0 Å². The Hall–Kier alpha value is -3.96. The second kappa shape index (κ2) is 9.35. The van der Waals surface area contributed by atoms with Gasteiger partial charge in [-0.1, -0.05) is 12.7 Å². The molecule has 12 heteroatoms. The first kappa shape index (κ1) is 25.7. The molecule has 188 valence electrons. The molecule has 1 fully saturated rings. The number of hydrogen-bond donors (Lipinski definition) is 3. The van der Waals surface area contributed by atoms with E-state index in [9.17, 15) is 22.8 Å². The van der Waals surface area contributed by atoms with Gasteiger partial charge in [0.05, 0.1) is 17.7 Å². The minimum absolute atomic E-state index is 0.142. The molecule has 0 aromatic carbocycles. The number of carbonyl (C=O) groups excluding carboxylic acids is 2. The van der Waals surface area contributed by atoms with Gasteiger partial charge in [-0.25, -0.2) is 9.78 Å². The number of fused-ring (bicyclic) bond motifs is 1. The van der Waals surface area contributed by atoms with Crippen molar-refractivity contribution in [3.05, 3.63) is 60.2 Å². The van der Waals surface area contributed by atoms with E-state index in [-0.39, 0.29) is 30.4 Å². The third-order valence-corrected chi connectivity index (χ3v) is 5.08. The molecule has 1 saturated heterocycles. The lowest BCUT2D eigenvalue weighted by Gasteiger charge is -2.38. The van der Waals surface area contributed by atoms with E-state index in [0.29, 0.717) is 11.2 Å². The fraction of sp³-hybridized carbons (Fsp3) is 0.348. The molecule has 1 aliphatic rings. The van der Waals surface area contributed by atoms with Crippen molar-refractivity contribution in [3.63, 3.8) is 0 Å². The van der Waals surface area contributed by atoms with Crippen molar-refractivity contribution in [3.8, 4) is 0 Å². The summed E-state index contributed by atoms with van der Waals surface area (Å²) < 4.78 is 46.5. The molecule has 0 radical (unpaired) electrons. The van der Waals surface area contributed by atoms with Crippen LogP contribution in [0.4, 0.5) is 23.8 Å². The number of allylic oxidation sites excluding steroid dienone is 4. The zero-order chi connectivity index (χ0) is 26.1. The van der Waals surface area contributed by atoms with Crippen LogP contribution in [0.15, 0.2) is 54.7 Å². The lowest BCUT2D eigenvalue weighted by atomic mass is 10.00.